The number of nitrogens with one attached hydrogen (secondary N) is 1. The molecule has 1 aromatic carbocycles. The second kappa shape index (κ2) is 4.38. The fraction of sp³-hybridized carbons (Fsp3) is 0.308. The van der Waals surface area contributed by atoms with Gasteiger partial charge in [-0.3, -0.25) is 9.52 Å². The summed E-state index contributed by atoms with van der Waals surface area (Å²) in [5, 5.41) is 0.635. The lowest BCUT2D eigenvalue weighted by Gasteiger charge is -2.05. The van der Waals surface area contributed by atoms with Crippen molar-refractivity contribution < 1.29 is 17.6 Å². The number of aryl methyl sites for hydroxylation is 2. The molecule has 0 saturated heterocycles. The van der Waals surface area contributed by atoms with Crippen molar-refractivity contribution in [1.82, 2.24) is 0 Å². The molecular weight excluding hydrogens is 266 g/mol. The molecular formula is C13H15NO4S. The molecule has 0 bridgehead atoms. The standard InChI is InChI=1S/C13H15NO4S/c1-7-5-10(14-19(4,16)17)6-11-12(8(2)15)9(3)18-13(7)11/h5-6,14H,1-4H3. The fourth-order valence-electron chi connectivity index (χ4n) is 2.20. The first kappa shape index (κ1) is 13.6. The molecule has 0 saturated carbocycles. The summed E-state index contributed by atoms with van der Waals surface area (Å²) in [4.78, 5) is 11.7. The van der Waals surface area contributed by atoms with Crippen molar-refractivity contribution in [3.8, 4) is 0 Å². The number of hydrogen-bond donors (Lipinski definition) is 1. The number of carbonyl (C=O) groups excluding carboxylic acids is 1. The molecule has 0 aliphatic carbocycles. The van der Waals surface area contributed by atoms with Gasteiger partial charge in [0.15, 0.2) is 5.78 Å². The van der Waals surface area contributed by atoms with Crippen LogP contribution < -0.4 is 4.72 Å². The van der Waals surface area contributed by atoms with Crippen LogP contribution in [0.4, 0.5) is 5.69 Å². The van der Waals surface area contributed by atoms with Gasteiger partial charge >= 0.3 is 0 Å². The summed E-state index contributed by atoms with van der Waals surface area (Å²) in [5.41, 5.74) is 2.31. The van der Waals surface area contributed by atoms with E-state index < -0.39 is 10.0 Å². The van der Waals surface area contributed by atoms with Gasteiger partial charge in [-0.25, -0.2) is 8.42 Å². The van der Waals surface area contributed by atoms with Crippen LogP contribution in [-0.2, 0) is 10.0 Å². The van der Waals surface area contributed by atoms with E-state index in [9.17, 15) is 13.2 Å². The Morgan fingerprint density at radius 1 is 1.26 bits per heavy atom. The van der Waals surface area contributed by atoms with Crippen molar-refractivity contribution in [2.75, 3.05) is 11.0 Å². The number of carbonyl (C=O) groups is 1. The van der Waals surface area contributed by atoms with Crippen molar-refractivity contribution in [1.29, 1.82) is 0 Å². The molecule has 102 valence electrons. The third-order valence-electron chi connectivity index (χ3n) is 2.81. The summed E-state index contributed by atoms with van der Waals surface area (Å²) in [5.74, 6) is 0.439. The smallest absolute Gasteiger partial charge is 0.229 e. The molecule has 0 spiro atoms. The summed E-state index contributed by atoms with van der Waals surface area (Å²) in [7, 11) is -3.35. The van der Waals surface area contributed by atoms with E-state index in [1.54, 1.807) is 19.1 Å². The first-order valence-electron chi connectivity index (χ1n) is 5.71. The minimum atomic E-state index is -3.35. The Bertz CT molecular complexity index is 772. The third kappa shape index (κ3) is 2.63. The highest BCUT2D eigenvalue weighted by Gasteiger charge is 2.17. The van der Waals surface area contributed by atoms with Crippen LogP contribution in [0, 0.1) is 13.8 Å². The predicted octanol–water partition coefficient (Wildman–Crippen LogP) is 2.62. The van der Waals surface area contributed by atoms with Gasteiger partial charge < -0.3 is 4.42 Å². The van der Waals surface area contributed by atoms with Gasteiger partial charge in [0.05, 0.1) is 11.8 Å². The normalized spacial score (nSPS) is 11.8. The molecule has 1 heterocycles. The monoisotopic (exact) mass is 281 g/mol. The van der Waals surface area contributed by atoms with E-state index in [1.165, 1.54) is 6.92 Å². The lowest BCUT2D eigenvalue weighted by atomic mass is 10.0. The predicted molar refractivity (Wildman–Crippen MR) is 74.2 cm³/mol. The van der Waals surface area contributed by atoms with Gasteiger partial charge in [-0.15, -0.1) is 0 Å². The molecule has 2 rings (SSSR count). The third-order valence-corrected chi connectivity index (χ3v) is 3.41. The van der Waals surface area contributed by atoms with E-state index >= 15 is 0 Å². The van der Waals surface area contributed by atoms with Crippen molar-refractivity contribution in [3.63, 3.8) is 0 Å². The van der Waals surface area contributed by atoms with Crippen LogP contribution in [0.5, 0.6) is 0 Å². The molecule has 0 radical (unpaired) electrons. The number of fused-ring (bicyclic) bond motifs is 1. The number of hydrogen-bond acceptors (Lipinski definition) is 4. The lowest BCUT2D eigenvalue weighted by Crippen LogP contribution is -2.09. The quantitative estimate of drug-likeness (QED) is 0.877. The van der Waals surface area contributed by atoms with Gasteiger partial charge in [-0.2, -0.15) is 0 Å². The molecule has 1 N–H and O–H groups in total. The molecule has 5 nitrogen and oxygen atoms in total. The molecule has 0 fully saturated rings. The molecule has 6 heteroatoms. The minimum Gasteiger partial charge on any atom is -0.460 e. The fourth-order valence-corrected chi connectivity index (χ4v) is 2.75. The van der Waals surface area contributed by atoms with Crippen LogP contribution in [0.25, 0.3) is 11.0 Å². The van der Waals surface area contributed by atoms with E-state index in [4.69, 9.17) is 4.42 Å². The topological polar surface area (TPSA) is 76.4 Å². The van der Waals surface area contributed by atoms with E-state index in [0.29, 0.717) is 28.0 Å². The van der Waals surface area contributed by atoms with E-state index in [1.807, 2.05) is 6.92 Å². The molecule has 2 aromatic rings. The summed E-state index contributed by atoms with van der Waals surface area (Å²) < 4.78 is 30.5. The Labute approximate surface area is 111 Å². The van der Waals surface area contributed by atoms with E-state index in [2.05, 4.69) is 4.72 Å². The highest BCUT2D eigenvalue weighted by Crippen LogP contribution is 2.31. The van der Waals surface area contributed by atoms with Crippen LogP contribution >= 0.6 is 0 Å². The van der Waals surface area contributed by atoms with Gasteiger partial charge in [-0.1, -0.05) is 0 Å². The maximum absolute atomic E-state index is 11.7. The zero-order valence-corrected chi connectivity index (χ0v) is 12.0. The molecule has 0 aliphatic heterocycles. The molecule has 19 heavy (non-hydrogen) atoms. The van der Waals surface area contributed by atoms with Crippen LogP contribution in [0.15, 0.2) is 16.5 Å². The number of anilines is 1. The molecule has 0 aliphatic rings. The van der Waals surface area contributed by atoms with Crippen molar-refractivity contribution in [2.24, 2.45) is 0 Å². The minimum absolute atomic E-state index is 0.104. The van der Waals surface area contributed by atoms with Crippen LogP contribution in [-0.4, -0.2) is 20.5 Å². The summed E-state index contributed by atoms with van der Waals surface area (Å²) in [6.45, 7) is 4.99. The molecule has 1 aromatic heterocycles. The van der Waals surface area contributed by atoms with Crippen molar-refractivity contribution in [3.05, 3.63) is 29.0 Å². The summed E-state index contributed by atoms with van der Waals surface area (Å²) >= 11 is 0. The average molecular weight is 281 g/mol. The maximum atomic E-state index is 11.7. The Morgan fingerprint density at radius 3 is 2.42 bits per heavy atom. The van der Waals surface area contributed by atoms with Gasteiger partial charge in [0.2, 0.25) is 10.0 Å². The molecule has 0 atom stereocenters. The van der Waals surface area contributed by atoms with Crippen LogP contribution in [0.1, 0.15) is 28.6 Å². The number of rotatable bonds is 3. The average Bonchev–Trinajstić information content (AvgIpc) is 2.52. The second-order valence-corrected chi connectivity index (χ2v) is 6.38. The van der Waals surface area contributed by atoms with Gasteiger partial charge in [0.25, 0.3) is 0 Å². The zero-order chi connectivity index (χ0) is 14.4. The number of Topliss-reactive ketones (excluding diaryl/α,β-unsaturated/α-hetero) is 1. The van der Waals surface area contributed by atoms with Crippen molar-refractivity contribution >= 4 is 32.5 Å². The largest absolute Gasteiger partial charge is 0.460 e. The van der Waals surface area contributed by atoms with Gasteiger partial charge in [-0.05, 0) is 38.5 Å². The van der Waals surface area contributed by atoms with Crippen molar-refractivity contribution in [2.45, 2.75) is 20.8 Å². The van der Waals surface area contributed by atoms with E-state index in [-0.39, 0.29) is 5.78 Å². The van der Waals surface area contributed by atoms with Gasteiger partial charge in [0, 0.05) is 11.1 Å². The highest BCUT2D eigenvalue weighted by molar-refractivity contribution is 7.92. The second-order valence-electron chi connectivity index (χ2n) is 4.63. The summed E-state index contributed by atoms with van der Waals surface area (Å²) in [6, 6.07) is 3.30. The first-order valence-corrected chi connectivity index (χ1v) is 7.60. The highest BCUT2D eigenvalue weighted by atomic mass is 32.2. The van der Waals surface area contributed by atoms with Crippen LogP contribution in [0.2, 0.25) is 0 Å². The first-order chi connectivity index (χ1) is 8.69. The number of sulfonamides is 1. The molecule has 0 unspecified atom stereocenters. The number of ketones is 1. The van der Waals surface area contributed by atoms with Gasteiger partial charge in [0.1, 0.15) is 11.3 Å². The number of furan rings is 1. The maximum Gasteiger partial charge on any atom is 0.229 e. The lowest BCUT2D eigenvalue weighted by molar-refractivity contribution is 0.101. The Morgan fingerprint density at radius 2 is 1.89 bits per heavy atom. The SMILES string of the molecule is CC(=O)c1c(C)oc2c(C)cc(NS(C)(=O)=O)cc12. The number of benzene rings is 1. The summed E-state index contributed by atoms with van der Waals surface area (Å²) in [6.07, 6.45) is 1.08. The molecule has 0 amide bonds. The Kier molecular flexibility index (Phi) is 3.14. The van der Waals surface area contributed by atoms with Crippen LogP contribution in [0.3, 0.4) is 0 Å². The van der Waals surface area contributed by atoms with E-state index in [0.717, 1.165) is 11.8 Å². The Hall–Kier alpha value is -1.82. The Balaban J connectivity index is 2.73. The zero-order valence-electron chi connectivity index (χ0n) is 11.2.